The Morgan fingerprint density at radius 1 is 1.47 bits per heavy atom. The molecule has 0 bridgehead atoms. The van der Waals surface area contributed by atoms with Gasteiger partial charge in [-0.25, -0.2) is 0 Å². The minimum absolute atomic E-state index is 0.218. The maximum atomic E-state index is 10.9. The van der Waals surface area contributed by atoms with Crippen LogP contribution in [0.1, 0.15) is 46.5 Å². The molecule has 1 aliphatic heterocycles. The molecule has 0 aromatic rings. The predicted octanol–water partition coefficient (Wildman–Crippen LogP) is 2.36. The van der Waals surface area contributed by atoms with Crippen molar-refractivity contribution in [3.8, 4) is 0 Å². The number of hydrogen-bond donors (Lipinski definition) is 1. The number of carboxylic acid groups (broad SMARTS) is 1. The van der Waals surface area contributed by atoms with Gasteiger partial charge in [0.2, 0.25) is 0 Å². The second-order valence-corrected chi connectivity index (χ2v) is 5.70. The number of likely N-dealkylation sites (tertiary alicyclic amines) is 1. The highest BCUT2D eigenvalue weighted by Gasteiger charge is 2.29. The molecule has 1 fully saturated rings. The molecule has 0 spiro atoms. The van der Waals surface area contributed by atoms with Gasteiger partial charge >= 0.3 is 5.97 Å². The Bertz CT molecular complexity index is 220. The van der Waals surface area contributed by atoms with E-state index in [0.29, 0.717) is 5.41 Å². The molecule has 15 heavy (non-hydrogen) atoms. The largest absolute Gasteiger partial charge is 0.480 e. The summed E-state index contributed by atoms with van der Waals surface area (Å²) in [5, 5.41) is 9.00. The molecular formula is C12H23NO2. The molecule has 0 aromatic carbocycles. The van der Waals surface area contributed by atoms with E-state index in [4.69, 9.17) is 5.11 Å². The van der Waals surface area contributed by atoms with Crippen LogP contribution in [0.5, 0.6) is 0 Å². The smallest absolute Gasteiger partial charge is 0.320 e. The van der Waals surface area contributed by atoms with Crippen LogP contribution in [0.3, 0.4) is 0 Å². The van der Waals surface area contributed by atoms with Gasteiger partial charge in [0.05, 0.1) is 0 Å². The van der Waals surface area contributed by atoms with E-state index in [0.717, 1.165) is 38.8 Å². The number of hydrogen-bond acceptors (Lipinski definition) is 2. The van der Waals surface area contributed by atoms with Crippen LogP contribution in [-0.4, -0.2) is 35.1 Å². The monoisotopic (exact) mass is 213 g/mol. The van der Waals surface area contributed by atoms with Crippen molar-refractivity contribution in [1.82, 2.24) is 4.90 Å². The molecule has 1 saturated heterocycles. The summed E-state index contributed by atoms with van der Waals surface area (Å²) in [5.41, 5.74) is 0.360. The quantitative estimate of drug-likeness (QED) is 0.779. The summed E-state index contributed by atoms with van der Waals surface area (Å²) in [4.78, 5) is 13.0. The fourth-order valence-corrected chi connectivity index (χ4v) is 2.19. The Hall–Kier alpha value is -0.570. The zero-order chi connectivity index (χ0) is 11.5. The fourth-order valence-electron chi connectivity index (χ4n) is 2.19. The SMILES string of the molecule is CC(C)(C)CCCN1CCC[C@@H]1C(=O)O. The Balaban J connectivity index is 2.29. The molecule has 0 radical (unpaired) electrons. The lowest BCUT2D eigenvalue weighted by atomic mass is 9.90. The Kier molecular flexibility index (Phi) is 4.14. The van der Waals surface area contributed by atoms with Crippen molar-refractivity contribution in [3.63, 3.8) is 0 Å². The highest BCUT2D eigenvalue weighted by Crippen LogP contribution is 2.23. The van der Waals surface area contributed by atoms with Gasteiger partial charge in [-0.05, 0) is 44.2 Å². The molecule has 1 aliphatic rings. The lowest BCUT2D eigenvalue weighted by Crippen LogP contribution is -2.36. The molecule has 1 heterocycles. The van der Waals surface area contributed by atoms with Crippen LogP contribution < -0.4 is 0 Å². The first-order chi connectivity index (χ1) is 6.90. The van der Waals surface area contributed by atoms with Crippen molar-refractivity contribution in [3.05, 3.63) is 0 Å². The van der Waals surface area contributed by atoms with Crippen molar-refractivity contribution < 1.29 is 9.90 Å². The molecule has 3 nitrogen and oxygen atoms in total. The van der Waals surface area contributed by atoms with Crippen LogP contribution in [0.15, 0.2) is 0 Å². The number of aliphatic carboxylic acids is 1. The summed E-state index contributed by atoms with van der Waals surface area (Å²) in [6.45, 7) is 8.58. The average Bonchev–Trinajstić information content (AvgIpc) is 2.49. The molecule has 0 amide bonds. The molecule has 0 unspecified atom stereocenters. The third-order valence-corrected chi connectivity index (χ3v) is 3.02. The number of carbonyl (C=O) groups is 1. The maximum Gasteiger partial charge on any atom is 0.320 e. The van der Waals surface area contributed by atoms with E-state index >= 15 is 0 Å². The lowest BCUT2D eigenvalue weighted by molar-refractivity contribution is -0.142. The van der Waals surface area contributed by atoms with E-state index in [1.165, 1.54) is 0 Å². The normalized spacial score (nSPS) is 23.3. The van der Waals surface area contributed by atoms with Crippen molar-refractivity contribution in [2.75, 3.05) is 13.1 Å². The van der Waals surface area contributed by atoms with Crippen molar-refractivity contribution in [2.45, 2.75) is 52.5 Å². The summed E-state index contributed by atoms with van der Waals surface area (Å²) in [7, 11) is 0. The Morgan fingerprint density at radius 2 is 2.13 bits per heavy atom. The third kappa shape index (κ3) is 4.20. The number of nitrogens with zero attached hydrogens (tertiary/aromatic N) is 1. The van der Waals surface area contributed by atoms with Gasteiger partial charge in [-0.3, -0.25) is 9.69 Å². The highest BCUT2D eigenvalue weighted by molar-refractivity contribution is 5.73. The Labute approximate surface area is 92.5 Å². The average molecular weight is 213 g/mol. The predicted molar refractivity (Wildman–Crippen MR) is 60.9 cm³/mol. The van der Waals surface area contributed by atoms with Crippen LogP contribution in [-0.2, 0) is 4.79 Å². The molecule has 0 aliphatic carbocycles. The van der Waals surface area contributed by atoms with Gasteiger partial charge in [-0.1, -0.05) is 20.8 Å². The first kappa shape index (κ1) is 12.5. The molecule has 88 valence electrons. The summed E-state index contributed by atoms with van der Waals surface area (Å²) < 4.78 is 0. The molecule has 0 saturated carbocycles. The molecule has 0 aromatic heterocycles. The Morgan fingerprint density at radius 3 is 2.67 bits per heavy atom. The standard InChI is InChI=1S/C12H23NO2/c1-12(2,3)7-5-9-13-8-4-6-10(13)11(14)15/h10H,4-9H2,1-3H3,(H,14,15)/t10-/m1/s1. The van der Waals surface area contributed by atoms with Gasteiger partial charge in [0.15, 0.2) is 0 Å². The molecule has 1 rings (SSSR count). The first-order valence-corrected chi connectivity index (χ1v) is 5.87. The molecule has 1 N–H and O–H groups in total. The topological polar surface area (TPSA) is 40.5 Å². The van der Waals surface area contributed by atoms with Gasteiger partial charge in [-0.2, -0.15) is 0 Å². The highest BCUT2D eigenvalue weighted by atomic mass is 16.4. The van der Waals surface area contributed by atoms with Crippen LogP contribution in [0, 0.1) is 5.41 Å². The molecule has 1 atom stereocenters. The molecule has 3 heteroatoms. The van der Waals surface area contributed by atoms with Gasteiger partial charge in [0.25, 0.3) is 0 Å². The van der Waals surface area contributed by atoms with Crippen molar-refractivity contribution in [1.29, 1.82) is 0 Å². The number of rotatable bonds is 4. The van der Waals surface area contributed by atoms with Gasteiger partial charge in [0, 0.05) is 0 Å². The minimum atomic E-state index is -0.650. The summed E-state index contributed by atoms with van der Waals surface area (Å²) in [6, 6.07) is -0.218. The van der Waals surface area contributed by atoms with E-state index in [1.54, 1.807) is 0 Å². The zero-order valence-corrected chi connectivity index (χ0v) is 10.1. The van der Waals surface area contributed by atoms with Gasteiger partial charge < -0.3 is 5.11 Å². The van der Waals surface area contributed by atoms with E-state index < -0.39 is 5.97 Å². The second-order valence-electron chi connectivity index (χ2n) is 5.70. The summed E-state index contributed by atoms with van der Waals surface area (Å²) in [6.07, 6.45) is 4.13. The van der Waals surface area contributed by atoms with Crippen LogP contribution in [0.4, 0.5) is 0 Å². The maximum absolute atomic E-state index is 10.9. The van der Waals surface area contributed by atoms with Crippen molar-refractivity contribution in [2.24, 2.45) is 5.41 Å². The van der Waals surface area contributed by atoms with Crippen molar-refractivity contribution >= 4 is 5.97 Å². The summed E-state index contributed by atoms with van der Waals surface area (Å²) in [5.74, 6) is -0.650. The van der Waals surface area contributed by atoms with E-state index in [1.807, 2.05) is 0 Å². The van der Waals surface area contributed by atoms with Crippen LogP contribution in [0.25, 0.3) is 0 Å². The zero-order valence-electron chi connectivity index (χ0n) is 10.1. The minimum Gasteiger partial charge on any atom is -0.480 e. The summed E-state index contributed by atoms with van der Waals surface area (Å²) >= 11 is 0. The van der Waals surface area contributed by atoms with E-state index in [-0.39, 0.29) is 6.04 Å². The van der Waals surface area contributed by atoms with Gasteiger partial charge in [-0.15, -0.1) is 0 Å². The first-order valence-electron chi connectivity index (χ1n) is 5.87. The number of carboxylic acids is 1. The lowest BCUT2D eigenvalue weighted by Gasteiger charge is -2.23. The molecular weight excluding hydrogens is 190 g/mol. The third-order valence-electron chi connectivity index (χ3n) is 3.02. The van der Waals surface area contributed by atoms with E-state index in [9.17, 15) is 4.79 Å². The fraction of sp³-hybridized carbons (Fsp3) is 0.917. The van der Waals surface area contributed by atoms with E-state index in [2.05, 4.69) is 25.7 Å². The second kappa shape index (κ2) is 4.97. The van der Waals surface area contributed by atoms with Gasteiger partial charge in [0.1, 0.15) is 6.04 Å². The van der Waals surface area contributed by atoms with Crippen LogP contribution in [0.2, 0.25) is 0 Å². The van der Waals surface area contributed by atoms with Crippen LogP contribution >= 0.6 is 0 Å².